The summed E-state index contributed by atoms with van der Waals surface area (Å²) >= 11 is 4.90. The Balaban J connectivity index is 1.90. The first kappa shape index (κ1) is 22.9. The number of hydrogen-bond donors (Lipinski definition) is 1. The number of nitrogens with one attached hydrogen (secondary N) is 1. The third-order valence-corrected chi connectivity index (χ3v) is 6.60. The molecule has 31 heavy (non-hydrogen) atoms. The molecule has 2 aromatic rings. The highest BCUT2D eigenvalue weighted by Crippen LogP contribution is 2.39. The Hall–Kier alpha value is -2.81. The predicted molar refractivity (Wildman–Crippen MR) is 124 cm³/mol. The molecule has 1 heterocycles. The lowest BCUT2D eigenvalue weighted by Gasteiger charge is -2.13. The van der Waals surface area contributed by atoms with E-state index in [0.717, 1.165) is 36.1 Å². The van der Waals surface area contributed by atoms with Crippen molar-refractivity contribution in [1.82, 2.24) is 0 Å². The number of aryl methyl sites for hydroxylation is 1. The molecule has 1 aliphatic rings. The lowest BCUT2D eigenvalue weighted by atomic mass is 9.96. The molecule has 0 atom stereocenters. The van der Waals surface area contributed by atoms with Crippen LogP contribution in [0.2, 0.25) is 0 Å². The molecule has 0 spiro atoms. The summed E-state index contributed by atoms with van der Waals surface area (Å²) in [7, 11) is 0. The number of halogens is 1. The van der Waals surface area contributed by atoms with Crippen LogP contribution in [0.15, 0.2) is 22.2 Å². The van der Waals surface area contributed by atoms with Crippen molar-refractivity contribution in [2.75, 3.05) is 18.5 Å². The molecule has 1 N–H and O–H groups in total. The van der Waals surface area contributed by atoms with Gasteiger partial charge in [0.05, 0.1) is 23.2 Å². The van der Waals surface area contributed by atoms with Crippen molar-refractivity contribution in [2.45, 2.75) is 39.5 Å². The Morgan fingerprint density at radius 1 is 1.23 bits per heavy atom. The van der Waals surface area contributed by atoms with Gasteiger partial charge in [0, 0.05) is 4.88 Å². The van der Waals surface area contributed by atoms with Gasteiger partial charge in [0.1, 0.15) is 22.7 Å². The van der Waals surface area contributed by atoms with Gasteiger partial charge in [0.25, 0.3) is 5.91 Å². The Labute approximate surface area is 194 Å². The van der Waals surface area contributed by atoms with E-state index < -0.39 is 5.91 Å². The number of nitrogens with zero attached hydrogens (tertiary/aromatic N) is 2. The maximum Gasteiger partial charge on any atom is 0.266 e. The van der Waals surface area contributed by atoms with E-state index in [0.29, 0.717) is 45.3 Å². The van der Waals surface area contributed by atoms with E-state index in [1.54, 1.807) is 12.1 Å². The molecule has 160 valence electrons. The minimum atomic E-state index is -0.541. The van der Waals surface area contributed by atoms with Gasteiger partial charge in [-0.3, -0.25) is 4.79 Å². The summed E-state index contributed by atoms with van der Waals surface area (Å²) in [6.45, 7) is 4.68. The van der Waals surface area contributed by atoms with Crippen LogP contribution in [0.25, 0.3) is 6.08 Å². The summed E-state index contributed by atoms with van der Waals surface area (Å²) in [5.41, 5.74) is 2.12. The summed E-state index contributed by atoms with van der Waals surface area (Å²) in [6, 6.07) is 7.68. The van der Waals surface area contributed by atoms with Crippen LogP contribution in [-0.2, 0) is 17.6 Å². The molecule has 0 saturated heterocycles. The molecule has 0 radical (unpaired) electrons. The zero-order chi connectivity index (χ0) is 22.4. The number of benzene rings is 1. The number of thiophene rings is 1. The number of carbonyl (C=O) groups excluding carboxylic acids is 1. The number of hydrogen-bond acceptors (Lipinski definition) is 6. The molecule has 3 rings (SSSR count). The van der Waals surface area contributed by atoms with Gasteiger partial charge in [-0.2, -0.15) is 10.5 Å². The molecule has 1 aliphatic carbocycles. The number of fused-ring (bicyclic) bond motifs is 1. The molecule has 6 nitrogen and oxygen atoms in total. The van der Waals surface area contributed by atoms with Gasteiger partial charge in [0.2, 0.25) is 0 Å². The molecule has 1 aromatic heterocycles. The van der Waals surface area contributed by atoms with E-state index >= 15 is 0 Å². The van der Waals surface area contributed by atoms with E-state index in [1.807, 2.05) is 19.9 Å². The normalized spacial score (nSPS) is 13.0. The Kier molecular flexibility index (Phi) is 7.73. The quantitative estimate of drug-likeness (QED) is 0.394. The standard InChI is InChI=1S/C23H22BrN3O3S/c1-3-29-19-11-14(10-18(24)21(19)30-4-2)9-15(12-25)22(28)27-23-17(13-26)16-7-5-6-8-20(16)31-23/h9-11H,3-8H2,1-2H3,(H,27,28)/b15-9+. The predicted octanol–water partition coefficient (Wildman–Crippen LogP) is 5.60. The summed E-state index contributed by atoms with van der Waals surface area (Å²) in [5.74, 6) is 0.563. The summed E-state index contributed by atoms with van der Waals surface area (Å²) in [5, 5.41) is 22.5. The molecule has 0 unspecified atom stereocenters. The minimum absolute atomic E-state index is 0.0613. The van der Waals surface area contributed by atoms with Crippen molar-refractivity contribution in [2.24, 2.45) is 0 Å². The zero-order valence-electron chi connectivity index (χ0n) is 17.4. The van der Waals surface area contributed by atoms with Crippen molar-refractivity contribution in [1.29, 1.82) is 10.5 Å². The van der Waals surface area contributed by atoms with Crippen LogP contribution < -0.4 is 14.8 Å². The van der Waals surface area contributed by atoms with E-state index in [1.165, 1.54) is 17.4 Å². The summed E-state index contributed by atoms with van der Waals surface area (Å²) < 4.78 is 12.0. The van der Waals surface area contributed by atoms with Crippen LogP contribution in [-0.4, -0.2) is 19.1 Å². The number of rotatable bonds is 7. The highest BCUT2D eigenvalue weighted by molar-refractivity contribution is 9.10. The molecule has 0 aliphatic heterocycles. The van der Waals surface area contributed by atoms with Gasteiger partial charge in [-0.1, -0.05) is 0 Å². The highest BCUT2D eigenvalue weighted by Gasteiger charge is 2.23. The van der Waals surface area contributed by atoms with Crippen LogP contribution >= 0.6 is 27.3 Å². The van der Waals surface area contributed by atoms with E-state index in [9.17, 15) is 15.3 Å². The fourth-order valence-corrected chi connectivity index (χ4v) is 5.29. The number of nitriles is 2. The van der Waals surface area contributed by atoms with Gasteiger partial charge >= 0.3 is 0 Å². The maximum atomic E-state index is 12.8. The summed E-state index contributed by atoms with van der Waals surface area (Å²) in [6.07, 6.45) is 5.41. The van der Waals surface area contributed by atoms with Crippen LogP contribution in [0.3, 0.4) is 0 Å². The third kappa shape index (κ3) is 5.10. The van der Waals surface area contributed by atoms with E-state index in [4.69, 9.17) is 9.47 Å². The van der Waals surface area contributed by atoms with Crippen molar-refractivity contribution in [3.63, 3.8) is 0 Å². The van der Waals surface area contributed by atoms with Crippen LogP contribution in [0.1, 0.15) is 48.3 Å². The second-order valence-electron chi connectivity index (χ2n) is 6.85. The monoisotopic (exact) mass is 499 g/mol. The number of amides is 1. The van der Waals surface area contributed by atoms with Gasteiger partial charge in [-0.25, -0.2) is 0 Å². The SMILES string of the molecule is CCOc1cc(/C=C(\C#N)C(=O)Nc2sc3c(c2C#N)CCCC3)cc(Br)c1OCC. The molecule has 0 saturated carbocycles. The van der Waals surface area contributed by atoms with Crippen LogP contribution in [0, 0.1) is 22.7 Å². The lowest BCUT2D eigenvalue weighted by molar-refractivity contribution is -0.112. The summed E-state index contributed by atoms with van der Waals surface area (Å²) in [4.78, 5) is 14.0. The minimum Gasteiger partial charge on any atom is -0.490 e. The Morgan fingerprint density at radius 2 is 1.97 bits per heavy atom. The second-order valence-corrected chi connectivity index (χ2v) is 8.81. The molecular formula is C23H22BrN3O3S. The average Bonchev–Trinajstić information content (AvgIpc) is 3.11. The van der Waals surface area contributed by atoms with Gasteiger partial charge < -0.3 is 14.8 Å². The van der Waals surface area contributed by atoms with Gasteiger partial charge in [-0.05, 0) is 84.8 Å². The molecule has 1 amide bonds. The molecule has 0 bridgehead atoms. The van der Waals surface area contributed by atoms with E-state index in [2.05, 4.69) is 27.3 Å². The highest BCUT2D eigenvalue weighted by atomic mass is 79.9. The second kappa shape index (κ2) is 10.5. The first-order valence-electron chi connectivity index (χ1n) is 10.1. The molecule has 1 aromatic carbocycles. The average molecular weight is 500 g/mol. The number of ether oxygens (including phenoxy) is 2. The zero-order valence-corrected chi connectivity index (χ0v) is 19.8. The third-order valence-electron chi connectivity index (χ3n) is 4.81. The molecule has 8 heteroatoms. The Morgan fingerprint density at radius 3 is 2.65 bits per heavy atom. The fraction of sp³-hybridized carbons (Fsp3) is 0.348. The topological polar surface area (TPSA) is 95.1 Å². The van der Waals surface area contributed by atoms with Crippen molar-refractivity contribution in [3.8, 4) is 23.6 Å². The lowest BCUT2D eigenvalue weighted by Crippen LogP contribution is -2.13. The number of carbonyl (C=O) groups is 1. The number of anilines is 1. The van der Waals surface area contributed by atoms with Crippen molar-refractivity contribution < 1.29 is 14.3 Å². The largest absolute Gasteiger partial charge is 0.490 e. The van der Waals surface area contributed by atoms with E-state index in [-0.39, 0.29) is 5.57 Å². The van der Waals surface area contributed by atoms with Gasteiger partial charge in [-0.15, -0.1) is 11.3 Å². The molecule has 0 fully saturated rings. The fourth-order valence-electron chi connectivity index (χ4n) is 3.48. The maximum absolute atomic E-state index is 12.8. The molecular weight excluding hydrogens is 478 g/mol. The smallest absolute Gasteiger partial charge is 0.266 e. The first-order valence-corrected chi connectivity index (χ1v) is 11.7. The van der Waals surface area contributed by atoms with Crippen LogP contribution in [0.5, 0.6) is 11.5 Å². The van der Waals surface area contributed by atoms with Crippen LogP contribution in [0.4, 0.5) is 5.00 Å². The first-order chi connectivity index (χ1) is 15.0. The van der Waals surface area contributed by atoms with Crippen molar-refractivity contribution in [3.05, 3.63) is 43.7 Å². The Bertz CT molecular complexity index is 1110. The van der Waals surface area contributed by atoms with Gasteiger partial charge in [0.15, 0.2) is 11.5 Å². The van der Waals surface area contributed by atoms with Crippen molar-refractivity contribution >= 4 is 44.3 Å².